The number of hydrogen-bond acceptors (Lipinski definition) is 12. The SMILES string of the molecule is CCCN1CCCc2cc(N=Nc3nnc(C(F)(F)F)s3)c(C)cc21.Cc1c(N=Nc2nncs2)cc2c3c1CCCN3C(C)(C)CC2C. The number of azo groups is 2. The molecule has 0 amide bonds. The van der Waals surface area contributed by atoms with Gasteiger partial charge in [-0.15, -0.1) is 40.9 Å². The van der Waals surface area contributed by atoms with E-state index in [4.69, 9.17) is 0 Å². The Balaban J connectivity index is 0.000000170. The Morgan fingerprint density at radius 2 is 1.69 bits per heavy atom. The van der Waals surface area contributed by atoms with Gasteiger partial charge in [-0.2, -0.15) is 13.2 Å². The van der Waals surface area contributed by atoms with Crippen LogP contribution in [-0.2, 0) is 19.0 Å². The Hall–Kier alpha value is -3.85. The Labute approximate surface area is 292 Å². The lowest BCUT2D eigenvalue weighted by atomic mass is 9.76. The van der Waals surface area contributed by atoms with Gasteiger partial charge >= 0.3 is 6.18 Å². The highest BCUT2D eigenvalue weighted by molar-refractivity contribution is 7.15. The van der Waals surface area contributed by atoms with Crippen molar-refractivity contribution >= 4 is 55.7 Å². The maximum atomic E-state index is 12.5. The minimum absolute atomic E-state index is 0.0999. The summed E-state index contributed by atoms with van der Waals surface area (Å²) in [4.78, 5) is 4.99. The fourth-order valence-electron chi connectivity index (χ4n) is 7.22. The fraction of sp³-hybridized carbons (Fsp3) is 0.529. The van der Waals surface area contributed by atoms with Gasteiger partial charge in [0.1, 0.15) is 5.51 Å². The van der Waals surface area contributed by atoms with Crippen molar-refractivity contribution in [2.45, 2.75) is 97.7 Å². The van der Waals surface area contributed by atoms with Crippen molar-refractivity contribution in [2.24, 2.45) is 20.5 Å². The lowest BCUT2D eigenvalue weighted by Crippen LogP contribution is -2.50. The summed E-state index contributed by atoms with van der Waals surface area (Å²) in [6, 6.07) is 6.30. The largest absolute Gasteiger partial charge is 0.445 e. The highest BCUT2D eigenvalue weighted by Crippen LogP contribution is 2.50. The van der Waals surface area contributed by atoms with E-state index in [2.05, 4.69) is 97.4 Å². The highest BCUT2D eigenvalue weighted by Gasteiger charge is 2.40. The van der Waals surface area contributed by atoms with Crippen LogP contribution in [-0.4, -0.2) is 45.6 Å². The molecule has 7 rings (SSSR count). The van der Waals surface area contributed by atoms with E-state index >= 15 is 0 Å². The molecule has 3 aliphatic heterocycles. The van der Waals surface area contributed by atoms with Gasteiger partial charge in [0.25, 0.3) is 10.3 Å². The minimum atomic E-state index is -4.50. The molecule has 3 aliphatic rings. The second-order valence-electron chi connectivity index (χ2n) is 13.5. The lowest BCUT2D eigenvalue weighted by molar-refractivity contribution is -0.138. The number of anilines is 2. The third-order valence-corrected chi connectivity index (χ3v) is 10.9. The third kappa shape index (κ3) is 7.52. The number of fused-ring (bicyclic) bond motifs is 1. The molecule has 0 spiro atoms. The molecule has 10 nitrogen and oxygen atoms in total. The maximum Gasteiger partial charge on any atom is 0.445 e. The van der Waals surface area contributed by atoms with E-state index in [1.807, 2.05) is 13.0 Å². The minimum Gasteiger partial charge on any atom is -0.371 e. The molecule has 1 unspecified atom stereocenters. The fourth-order valence-corrected chi connectivity index (χ4v) is 8.12. The van der Waals surface area contributed by atoms with Crippen LogP contribution in [0.4, 0.5) is 46.2 Å². The van der Waals surface area contributed by atoms with E-state index in [-0.39, 0.29) is 10.7 Å². The summed E-state index contributed by atoms with van der Waals surface area (Å²) in [6.45, 7) is 16.6. The normalized spacial score (nSPS) is 18.4. The molecule has 0 aliphatic carbocycles. The smallest absolute Gasteiger partial charge is 0.371 e. The Morgan fingerprint density at radius 3 is 2.41 bits per heavy atom. The number of aryl methyl sites for hydroxylation is 2. The standard InChI is InChI=1S/C18H23N5S.C16H18F3N5S/c1-11-9-18(3,4)23-7-5-6-13-12(2)15(8-14(11)16(13)23)20-22-17-21-19-10-24-17;1-3-6-24-7-4-5-11-9-12(10(2)8-13(11)24)20-22-15-23-21-14(25-15)16(17,18)19/h8,10-11H,5-7,9H2,1-4H3;8-9H,3-7H2,1-2H3. The predicted molar refractivity (Wildman–Crippen MR) is 189 cm³/mol. The number of aromatic nitrogens is 4. The monoisotopic (exact) mass is 710 g/mol. The average Bonchev–Trinajstić information content (AvgIpc) is 3.76. The second-order valence-corrected chi connectivity index (χ2v) is 15.2. The van der Waals surface area contributed by atoms with E-state index in [9.17, 15) is 13.2 Å². The summed E-state index contributed by atoms with van der Waals surface area (Å²) in [5.74, 6) is 0.541. The van der Waals surface area contributed by atoms with Crippen LogP contribution in [0.1, 0.15) is 92.1 Å². The zero-order chi connectivity index (χ0) is 34.9. The molecule has 4 aromatic rings. The summed E-state index contributed by atoms with van der Waals surface area (Å²) >= 11 is 1.79. The molecular weight excluding hydrogens is 670 g/mol. The van der Waals surface area contributed by atoms with E-state index in [1.165, 1.54) is 57.8 Å². The van der Waals surface area contributed by atoms with Gasteiger partial charge in [-0.1, -0.05) is 36.5 Å². The molecule has 260 valence electrons. The van der Waals surface area contributed by atoms with E-state index in [1.54, 1.807) is 5.51 Å². The number of alkyl halides is 3. The summed E-state index contributed by atoms with van der Waals surface area (Å²) in [5, 5.41) is 30.5. The Morgan fingerprint density at radius 1 is 0.939 bits per heavy atom. The Bertz CT molecular complexity index is 1850. The summed E-state index contributed by atoms with van der Waals surface area (Å²) in [5.41, 5.74) is 12.5. The number of benzene rings is 2. The van der Waals surface area contributed by atoms with Crippen molar-refractivity contribution in [1.82, 2.24) is 20.4 Å². The maximum absolute atomic E-state index is 12.5. The molecule has 1 atom stereocenters. The predicted octanol–water partition coefficient (Wildman–Crippen LogP) is 10.7. The highest BCUT2D eigenvalue weighted by atomic mass is 32.1. The molecule has 2 aromatic heterocycles. The van der Waals surface area contributed by atoms with Gasteiger partial charge in [0.05, 0.1) is 11.4 Å². The quantitative estimate of drug-likeness (QED) is 0.184. The number of nitrogens with zero attached hydrogens (tertiary/aromatic N) is 10. The van der Waals surface area contributed by atoms with E-state index in [0.717, 1.165) is 56.6 Å². The molecule has 15 heteroatoms. The van der Waals surface area contributed by atoms with Gasteiger partial charge in [0, 0.05) is 36.5 Å². The van der Waals surface area contributed by atoms with Crippen LogP contribution in [0.25, 0.3) is 0 Å². The summed E-state index contributed by atoms with van der Waals surface area (Å²) in [7, 11) is 0. The number of halogens is 3. The van der Waals surface area contributed by atoms with Crippen LogP contribution >= 0.6 is 22.7 Å². The van der Waals surface area contributed by atoms with Crippen LogP contribution < -0.4 is 9.80 Å². The summed E-state index contributed by atoms with van der Waals surface area (Å²) in [6.07, 6.45) is 2.15. The van der Waals surface area contributed by atoms with Crippen LogP contribution in [0.2, 0.25) is 0 Å². The van der Waals surface area contributed by atoms with Gasteiger partial charge < -0.3 is 9.80 Å². The molecule has 0 fully saturated rings. The molecule has 49 heavy (non-hydrogen) atoms. The zero-order valence-electron chi connectivity index (χ0n) is 28.7. The Kier molecular flexibility index (Phi) is 10.1. The zero-order valence-corrected chi connectivity index (χ0v) is 30.3. The first-order valence-electron chi connectivity index (χ1n) is 16.7. The molecule has 0 saturated heterocycles. The summed E-state index contributed by atoms with van der Waals surface area (Å²) < 4.78 is 37.6. The lowest BCUT2D eigenvalue weighted by Gasteiger charge is -2.50. The van der Waals surface area contributed by atoms with Crippen LogP contribution in [0.3, 0.4) is 0 Å². The topological polar surface area (TPSA) is 107 Å². The third-order valence-electron chi connectivity index (χ3n) is 9.43. The van der Waals surface area contributed by atoms with Crippen LogP contribution in [0, 0.1) is 13.8 Å². The molecule has 2 aromatic carbocycles. The molecular formula is C34H41F3N10S2. The first-order chi connectivity index (χ1) is 23.4. The van der Waals surface area contributed by atoms with Gasteiger partial charge in [0.15, 0.2) is 0 Å². The van der Waals surface area contributed by atoms with Gasteiger partial charge in [-0.25, -0.2) is 0 Å². The van der Waals surface area contributed by atoms with Crippen molar-refractivity contribution in [1.29, 1.82) is 0 Å². The first kappa shape index (κ1) is 35.0. The number of rotatable bonds is 6. The van der Waals surface area contributed by atoms with Crippen molar-refractivity contribution in [3.8, 4) is 0 Å². The van der Waals surface area contributed by atoms with Crippen molar-refractivity contribution in [2.75, 3.05) is 29.4 Å². The van der Waals surface area contributed by atoms with Gasteiger partial charge in [0.2, 0.25) is 5.01 Å². The van der Waals surface area contributed by atoms with Crippen molar-refractivity contribution in [3.05, 3.63) is 56.5 Å². The second kappa shape index (κ2) is 14.2. The molecule has 0 bridgehead atoms. The van der Waals surface area contributed by atoms with Crippen molar-refractivity contribution < 1.29 is 13.2 Å². The molecule has 0 radical (unpaired) electrons. The molecule has 0 N–H and O–H groups in total. The average molecular weight is 711 g/mol. The van der Waals surface area contributed by atoms with E-state index in [0.29, 0.717) is 28.1 Å². The van der Waals surface area contributed by atoms with Crippen LogP contribution in [0.15, 0.2) is 44.2 Å². The van der Waals surface area contributed by atoms with Crippen LogP contribution in [0.5, 0.6) is 0 Å². The van der Waals surface area contributed by atoms with E-state index < -0.39 is 11.2 Å². The van der Waals surface area contributed by atoms with Gasteiger partial charge in [-0.3, -0.25) is 0 Å². The number of hydrogen-bond donors (Lipinski definition) is 0. The molecule has 5 heterocycles. The first-order valence-corrected chi connectivity index (χ1v) is 18.4. The van der Waals surface area contributed by atoms with Gasteiger partial charge in [-0.05, 0) is 118 Å². The van der Waals surface area contributed by atoms with Crippen molar-refractivity contribution in [3.63, 3.8) is 0 Å². The molecule has 0 saturated carbocycles.